The van der Waals surface area contributed by atoms with Crippen molar-refractivity contribution in [2.45, 2.75) is 37.3 Å². The molecule has 7 heteroatoms. The molecule has 1 heterocycles. The number of ether oxygens (including phenoxy) is 1. The van der Waals surface area contributed by atoms with Crippen LogP contribution in [0.25, 0.3) is 5.69 Å². The van der Waals surface area contributed by atoms with Crippen molar-refractivity contribution in [1.82, 2.24) is 20.1 Å². The van der Waals surface area contributed by atoms with E-state index in [1.807, 2.05) is 28.8 Å². The predicted octanol–water partition coefficient (Wildman–Crippen LogP) is 3.06. The van der Waals surface area contributed by atoms with Gasteiger partial charge in [0, 0.05) is 6.54 Å². The second-order valence-electron chi connectivity index (χ2n) is 6.25. The van der Waals surface area contributed by atoms with Crippen molar-refractivity contribution in [3.8, 4) is 11.4 Å². The predicted molar refractivity (Wildman–Crippen MR) is 98.2 cm³/mol. The first kappa shape index (κ1) is 17.8. The lowest BCUT2D eigenvalue weighted by Crippen LogP contribution is -2.31. The average Bonchev–Trinajstić information content (AvgIpc) is 3.14. The van der Waals surface area contributed by atoms with Crippen molar-refractivity contribution < 1.29 is 9.53 Å². The van der Waals surface area contributed by atoms with Crippen LogP contribution in [0.1, 0.15) is 32.1 Å². The molecule has 1 saturated carbocycles. The zero-order valence-corrected chi connectivity index (χ0v) is 15.3. The number of amides is 1. The summed E-state index contributed by atoms with van der Waals surface area (Å²) in [5.74, 6) is 1.76. The third-order valence-electron chi connectivity index (χ3n) is 4.51. The van der Waals surface area contributed by atoms with E-state index in [9.17, 15) is 4.79 Å². The van der Waals surface area contributed by atoms with Crippen molar-refractivity contribution in [2.24, 2.45) is 5.92 Å². The van der Waals surface area contributed by atoms with Gasteiger partial charge in [-0.05, 0) is 30.9 Å². The Labute approximate surface area is 152 Å². The number of para-hydroxylation sites is 2. The number of nitrogens with zero attached hydrogens (tertiary/aromatic N) is 3. The molecule has 0 saturated heterocycles. The van der Waals surface area contributed by atoms with E-state index in [1.165, 1.54) is 43.9 Å². The molecule has 0 radical (unpaired) electrons. The molecule has 0 unspecified atom stereocenters. The maximum absolute atomic E-state index is 12.1. The van der Waals surface area contributed by atoms with Gasteiger partial charge in [-0.25, -0.2) is 0 Å². The van der Waals surface area contributed by atoms with Crippen molar-refractivity contribution >= 4 is 17.7 Å². The van der Waals surface area contributed by atoms with Crippen LogP contribution in [0.5, 0.6) is 5.75 Å². The maximum Gasteiger partial charge on any atom is 0.230 e. The van der Waals surface area contributed by atoms with Gasteiger partial charge in [-0.15, -0.1) is 10.2 Å². The number of rotatable bonds is 7. The molecular weight excluding hydrogens is 336 g/mol. The molecule has 6 nitrogen and oxygen atoms in total. The summed E-state index contributed by atoms with van der Waals surface area (Å²) in [6, 6.07) is 7.68. The van der Waals surface area contributed by atoms with Crippen LogP contribution in [0.4, 0.5) is 0 Å². The molecule has 1 aromatic heterocycles. The fourth-order valence-corrected chi connectivity index (χ4v) is 3.90. The van der Waals surface area contributed by atoms with Gasteiger partial charge in [-0.1, -0.05) is 43.2 Å². The minimum absolute atomic E-state index is 0.0464. The van der Waals surface area contributed by atoms with Crippen LogP contribution >= 0.6 is 11.8 Å². The normalized spacial score (nSPS) is 15.1. The Kier molecular flexibility index (Phi) is 6.33. The number of thioether (sulfide) groups is 1. The molecule has 1 aliphatic rings. The van der Waals surface area contributed by atoms with Gasteiger partial charge in [0.05, 0.1) is 18.6 Å². The molecule has 0 aliphatic heterocycles. The number of carbonyl (C=O) groups is 1. The van der Waals surface area contributed by atoms with Crippen LogP contribution in [0.2, 0.25) is 0 Å². The number of methoxy groups -OCH3 is 1. The first-order chi connectivity index (χ1) is 12.3. The summed E-state index contributed by atoms with van der Waals surface area (Å²) < 4.78 is 7.24. The fraction of sp³-hybridized carbons (Fsp3) is 0.500. The van der Waals surface area contributed by atoms with Gasteiger partial charge in [-0.3, -0.25) is 9.36 Å². The second kappa shape index (κ2) is 8.89. The highest BCUT2D eigenvalue weighted by molar-refractivity contribution is 7.99. The molecule has 0 spiro atoms. The lowest BCUT2D eigenvalue weighted by Gasteiger charge is -2.21. The lowest BCUT2D eigenvalue weighted by molar-refractivity contribution is -0.118. The van der Waals surface area contributed by atoms with E-state index in [0.717, 1.165) is 18.0 Å². The highest BCUT2D eigenvalue weighted by Gasteiger charge is 2.16. The molecule has 0 bridgehead atoms. The number of hydrogen-bond donors (Lipinski definition) is 1. The van der Waals surface area contributed by atoms with Crippen molar-refractivity contribution in [2.75, 3.05) is 19.4 Å². The summed E-state index contributed by atoms with van der Waals surface area (Å²) in [5, 5.41) is 11.8. The van der Waals surface area contributed by atoms with Crippen LogP contribution in [-0.4, -0.2) is 40.1 Å². The third-order valence-corrected chi connectivity index (χ3v) is 5.45. The second-order valence-corrected chi connectivity index (χ2v) is 7.19. The molecular formula is C18H24N4O2S. The number of hydrogen-bond acceptors (Lipinski definition) is 5. The molecule has 0 atom stereocenters. The Balaban J connectivity index is 1.55. The molecule has 2 aromatic rings. The zero-order valence-electron chi connectivity index (χ0n) is 14.5. The molecule has 134 valence electrons. The molecule has 1 aromatic carbocycles. The lowest BCUT2D eigenvalue weighted by atomic mass is 9.89. The van der Waals surface area contributed by atoms with Gasteiger partial charge in [0.15, 0.2) is 5.16 Å². The van der Waals surface area contributed by atoms with E-state index in [-0.39, 0.29) is 5.91 Å². The first-order valence-corrected chi connectivity index (χ1v) is 9.69. The number of nitrogens with one attached hydrogen (secondary N) is 1. The van der Waals surface area contributed by atoms with Gasteiger partial charge >= 0.3 is 0 Å². The van der Waals surface area contributed by atoms with E-state index in [4.69, 9.17) is 4.74 Å². The van der Waals surface area contributed by atoms with Crippen molar-refractivity contribution in [3.63, 3.8) is 0 Å². The quantitative estimate of drug-likeness (QED) is 0.769. The molecule has 3 rings (SSSR count). The zero-order chi connectivity index (χ0) is 17.5. The SMILES string of the molecule is COc1ccccc1-n1cnnc1SCC(=O)NCC1CCCCC1. The monoisotopic (exact) mass is 360 g/mol. The van der Waals surface area contributed by atoms with Crippen LogP contribution < -0.4 is 10.1 Å². The van der Waals surface area contributed by atoms with Gasteiger partial charge < -0.3 is 10.1 Å². The van der Waals surface area contributed by atoms with Crippen molar-refractivity contribution in [1.29, 1.82) is 0 Å². The van der Waals surface area contributed by atoms with Crippen LogP contribution in [0, 0.1) is 5.92 Å². The summed E-state index contributed by atoms with van der Waals surface area (Å²) in [4.78, 5) is 12.1. The minimum atomic E-state index is 0.0464. The van der Waals surface area contributed by atoms with Crippen molar-refractivity contribution in [3.05, 3.63) is 30.6 Å². The molecule has 1 N–H and O–H groups in total. The van der Waals surface area contributed by atoms with E-state index in [1.54, 1.807) is 13.4 Å². The summed E-state index contributed by atoms with van der Waals surface area (Å²) >= 11 is 1.38. The van der Waals surface area contributed by atoms with E-state index < -0.39 is 0 Å². The number of aromatic nitrogens is 3. The highest BCUT2D eigenvalue weighted by atomic mass is 32.2. The summed E-state index contributed by atoms with van der Waals surface area (Å²) in [7, 11) is 1.63. The average molecular weight is 360 g/mol. The Bertz CT molecular complexity index is 698. The molecule has 25 heavy (non-hydrogen) atoms. The van der Waals surface area contributed by atoms with E-state index in [2.05, 4.69) is 15.5 Å². The summed E-state index contributed by atoms with van der Waals surface area (Å²) in [6.07, 6.45) is 8.01. The van der Waals surface area contributed by atoms with Crippen LogP contribution in [0.15, 0.2) is 35.7 Å². The smallest absolute Gasteiger partial charge is 0.230 e. The standard InChI is InChI=1S/C18H24N4O2S/c1-24-16-10-6-5-9-15(16)22-13-20-21-18(22)25-12-17(23)19-11-14-7-3-2-4-8-14/h5-6,9-10,13-14H,2-4,7-8,11-12H2,1H3,(H,19,23). The Morgan fingerprint density at radius 2 is 2.12 bits per heavy atom. The minimum Gasteiger partial charge on any atom is -0.495 e. The van der Waals surface area contributed by atoms with Gasteiger partial charge in [0.25, 0.3) is 0 Å². The van der Waals surface area contributed by atoms with Crippen LogP contribution in [0.3, 0.4) is 0 Å². The molecule has 1 aliphatic carbocycles. The maximum atomic E-state index is 12.1. The summed E-state index contributed by atoms with van der Waals surface area (Å²) in [6.45, 7) is 0.790. The van der Waals surface area contributed by atoms with Gasteiger partial charge in [0.2, 0.25) is 5.91 Å². The Hall–Kier alpha value is -2.02. The Morgan fingerprint density at radius 1 is 1.32 bits per heavy atom. The highest BCUT2D eigenvalue weighted by Crippen LogP contribution is 2.26. The number of benzene rings is 1. The van der Waals surface area contributed by atoms with E-state index >= 15 is 0 Å². The van der Waals surface area contributed by atoms with Gasteiger partial charge in [-0.2, -0.15) is 0 Å². The van der Waals surface area contributed by atoms with Gasteiger partial charge in [0.1, 0.15) is 12.1 Å². The first-order valence-electron chi connectivity index (χ1n) is 8.71. The van der Waals surface area contributed by atoms with E-state index in [0.29, 0.717) is 16.8 Å². The van der Waals surface area contributed by atoms with Crippen LogP contribution in [-0.2, 0) is 4.79 Å². The fourth-order valence-electron chi connectivity index (χ4n) is 3.15. The molecule has 1 fully saturated rings. The third kappa shape index (κ3) is 4.75. The Morgan fingerprint density at radius 3 is 2.92 bits per heavy atom. The topological polar surface area (TPSA) is 69.0 Å². The number of carbonyl (C=O) groups excluding carboxylic acids is 1. The molecule has 1 amide bonds. The largest absolute Gasteiger partial charge is 0.495 e. The summed E-state index contributed by atoms with van der Waals surface area (Å²) in [5.41, 5.74) is 0.861.